The minimum Gasteiger partial charge on any atom is -0.309 e. The van der Waals surface area contributed by atoms with Gasteiger partial charge in [0.05, 0.1) is 11.0 Å². The zero-order valence-corrected chi connectivity index (χ0v) is 28.6. The van der Waals surface area contributed by atoms with E-state index in [4.69, 9.17) is 15.0 Å². The Hall–Kier alpha value is -7.17. The van der Waals surface area contributed by atoms with Crippen molar-refractivity contribution in [1.29, 1.82) is 0 Å². The molecule has 11 aromatic rings. The third kappa shape index (κ3) is 4.66. The molecule has 0 aliphatic rings. The second kappa shape index (κ2) is 11.7. The van der Waals surface area contributed by atoms with Crippen molar-refractivity contribution in [3.63, 3.8) is 0 Å². The van der Waals surface area contributed by atoms with Gasteiger partial charge in [-0.15, -0.1) is 0 Å². The standard InChI is InChI=1S/C49H30N4/c1-2-15-33(16-3-1)47-50-48(52-49(51-47)42-30-34-26-25-31-13-4-6-19-37(31)45(34)40-22-9-8-21-39(40)42)35-17-12-18-36(29-35)53-43-24-11-10-23-41(43)46-38-20-7-5-14-32(38)27-28-44(46)53/h1-30H. The van der Waals surface area contributed by atoms with E-state index in [9.17, 15) is 0 Å². The number of nitrogens with zero attached hydrogens (tertiary/aromatic N) is 4. The van der Waals surface area contributed by atoms with Gasteiger partial charge in [-0.1, -0.05) is 152 Å². The zero-order chi connectivity index (χ0) is 34.9. The highest BCUT2D eigenvalue weighted by atomic mass is 15.0. The molecule has 2 aromatic heterocycles. The van der Waals surface area contributed by atoms with Crippen LogP contribution in [0.1, 0.15) is 0 Å². The minimum atomic E-state index is 0.629. The molecule has 0 radical (unpaired) electrons. The lowest BCUT2D eigenvalue weighted by atomic mass is 9.93. The average molecular weight is 675 g/mol. The van der Waals surface area contributed by atoms with Crippen molar-refractivity contribution < 1.29 is 0 Å². The summed E-state index contributed by atoms with van der Waals surface area (Å²) in [4.78, 5) is 15.6. The molecule has 0 bridgehead atoms. The van der Waals surface area contributed by atoms with Crippen molar-refractivity contribution in [2.75, 3.05) is 0 Å². The monoisotopic (exact) mass is 674 g/mol. The molecule has 0 N–H and O–H groups in total. The Balaban J connectivity index is 1.15. The van der Waals surface area contributed by atoms with E-state index >= 15 is 0 Å². The van der Waals surface area contributed by atoms with Crippen LogP contribution in [-0.4, -0.2) is 19.5 Å². The van der Waals surface area contributed by atoms with Crippen LogP contribution in [0.5, 0.6) is 0 Å². The van der Waals surface area contributed by atoms with Gasteiger partial charge in [-0.2, -0.15) is 0 Å². The van der Waals surface area contributed by atoms with Gasteiger partial charge in [0, 0.05) is 33.2 Å². The molecule has 0 unspecified atom stereocenters. The summed E-state index contributed by atoms with van der Waals surface area (Å²) in [5.74, 6) is 1.92. The number of benzene rings is 9. The van der Waals surface area contributed by atoms with Crippen LogP contribution >= 0.6 is 0 Å². The summed E-state index contributed by atoms with van der Waals surface area (Å²) in [6.07, 6.45) is 0. The molecule has 11 rings (SSSR count). The van der Waals surface area contributed by atoms with E-state index in [2.05, 4.69) is 168 Å². The molecule has 0 saturated carbocycles. The smallest absolute Gasteiger partial charge is 0.164 e. The normalized spacial score (nSPS) is 11.8. The SMILES string of the molecule is c1ccc(-c2nc(-c3cccc(-n4c5ccccc5c5c6ccccc6ccc54)c3)nc(-c3cc4ccc5ccccc5c4c4ccccc34)n2)cc1. The van der Waals surface area contributed by atoms with E-state index < -0.39 is 0 Å². The average Bonchev–Trinajstić information content (AvgIpc) is 3.58. The van der Waals surface area contributed by atoms with Crippen molar-refractivity contribution in [3.8, 4) is 39.9 Å². The van der Waals surface area contributed by atoms with E-state index in [1.807, 2.05) is 18.2 Å². The van der Waals surface area contributed by atoms with Crippen LogP contribution in [0.3, 0.4) is 0 Å². The van der Waals surface area contributed by atoms with Crippen molar-refractivity contribution >= 4 is 64.9 Å². The van der Waals surface area contributed by atoms with Crippen LogP contribution in [0.25, 0.3) is 105 Å². The second-order valence-corrected chi connectivity index (χ2v) is 13.6. The Morgan fingerprint density at radius 1 is 0.321 bits per heavy atom. The molecule has 0 amide bonds. The van der Waals surface area contributed by atoms with Crippen molar-refractivity contribution in [2.45, 2.75) is 0 Å². The van der Waals surface area contributed by atoms with Gasteiger partial charge in [-0.25, -0.2) is 15.0 Å². The number of hydrogen-bond acceptors (Lipinski definition) is 3. The predicted octanol–water partition coefficient (Wildman–Crippen LogP) is 12.6. The van der Waals surface area contributed by atoms with E-state index in [0.29, 0.717) is 17.5 Å². The quantitative estimate of drug-likeness (QED) is 0.175. The molecule has 9 aromatic carbocycles. The molecular weight excluding hydrogens is 645 g/mol. The molecule has 53 heavy (non-hydrogen) atoms. The Bertz CT molecular complexity index is 3230. The van der Waals surface area contributed by atoms with Crippen LogP contribution in [0, 0.1) is 0 Å². The van der Waals surface area contributed by atoms with Crippen molar-refractivity contribution in [2.24, 2.45) is 0 Å². The lowest BCUT2D eigenvalue weighted by Gasteiger charge is -2.14. The topological polar surface area (TPSA) is 43.6 Å². The Morgan fingerprint density at radius 2 is 0.887 bits per heavy atom. The Labute approximate surface area is 305 Å². The summed E-state index contributed by atoms with van der Waals surface area (Å²) >= 11 is 0. The highest BCUT2D eigenvalue weighted by molar-refractivity contribution is 6.23. The Morgan fingerprint density at radius 3 is 1.68 bits per heavy atom. The molecule has 0 aliphatic carbocycles. The first-order chi connectivity index (χ1) is 26.3. The first-order valence-electron chi connectivity index (χ1n) is 18.0. The van der Waals surface area contributed by atoms with Crippen LogP contribution < -0.4 is 0 Å². The molecule has 246 valence electrons. The minimum absolute atomic E-state index is 0.629. The predicted molar refractivity (Wildman–Crippen MR) is 220 cm³/mol. The van der Waals surface area contributed by atoms with Gasteiger partial charge in [-0.05, 0) is 73.4 Å². The largest absolute Gasteiger partial charge is 0.309 e. The van der Waals surface area contributed by atoms with Gasteiger partial charge in [0.1, 0.15) is 0 Å². The highest BCUT2D eigenvalue weighted by Gasteiger charge is 2.19. The first-order valence-corrected chi connectivity index (χ1v) is 18.0. The van der Waals surface area contributed by atoms with E-state index in [-0.39, 0.29) is 0 Å². The van der Waals surface area contributed by atoms with Crippen LogP contribution in [0.15, 0.2) is 182 Å². The van der Waals surface area contributed by atoms with Gasteiger partial charge in [0.15, 0.2) is 17.5 Å². The summed E-state index contributed by atoms with van der Waals surface area (Å²) in [6.45, 7) is 0. The molecule has 0 saturated heterocycles. The number of rotatable bonds is 4. The summed E-state index contributed by atoms with van der Waals surface area (Å²) in [6, 6.07) is 64.4. The lowest BCUT2D eigenvalue weighted by molar-refractivity contribution is 1.07. The maximum absolute atomic E-state index is 5.28. The fourth-order valence-corrected chi connectivity index (χ4v) is 8.21. The summed E-state index contributed by atoms with van der Waals surface area (Å²) in [5.41, 5.74) is 6.22. The van der Waals surface area contributed by atoms with Gasteiger partial charge >= 0.3 is 0 Å². The molecule has 0 spiro atoms. The number of fused-ring (bicyclic) bond motifs is 10. The van der Waals surface area contributed by atoms with Crippen LogP contribution in [0.4, 0.5) is 0 Å². The molecule has 4 heteroatoms. The molecule has 4 nitrogen and oxygen atoms in total. The van der Waals surface area contributed by atoms with E-state index in [0.717, 1.165) is 38.7 Å². The fourth-order valence-electron chi connectivity index (χ4n) is 8.21. The zero-order valence-electron chi connectivity index (χ0n) is 28.6. The Kier molecular flexibility index (Phi) is 6.52. The number of para-hydroxylation sites is 1. The van der Waals surface area contributed by atoms with Crippen molar-refractivity contribution in [1.82, 2.24) is 19.5 Å². The van der Waals surface area contributed by atoms with Gasteiger partial charge in [0.25, 0.3) is 0 Å². The molecule has 0 fully saturated rings. The number of hydrogen-bond donors (Lipinski definition) is 0. The molecule has 0 atom stereocenters. The first kappa shape index (κ1) is 29.5. The van der Waals surface area contributed by atoms with Crippen LogP contribution in [0.2, 0.25) is 0 Å². The van der Waals surface area contributed by atoms with Gasteiger partial charge < -0.3 is 4.57 Å². The third-order valence-corrected chi connectivity index (χ3v) is 10.6. The molecule has 2 heterocycles. The number of aromatic nitrogens is 4. The fraction of sp³-hybridized carbons (Fsp3) is 0. The van der Waals surface area contributed by atoms with Gasteiger partial charge in [0.2, 0.25) is 0 Å². The summed E-state index contributed by atoms with van der Waals surface area (Å²) in [5, 5.41) is 12.1. The third-order valence-electron chi connectivity index (χ3n) is 10.6. The summed E-state index contributed by atoms with van der Waals surface area (Å²) in [7, 11) is 0. The highest BCUT2D eigenvalue weighted by Crippen LogP contribution is 2.40. The summed E-state index contributed by atoms with van der Waals surface area (Å²) < 4.78 is 2.36. The molecular formula is C49H30N4. The van der Waals surface area contributed by atoms with Gasteiger partial charge in [-0.3, -0.25) is 0 Å². The molecule has 0 aliphatic heterocycles. The lowest BCUT2D eigenvalue weighted by Crippen LogP contribution is -2.01. The van der Waals surface area contributed by atoms with E-state index in [1.54, 1.807) is 0 Å². The second-order valence-electron chi connectivity index (χ2n) is 13.6. The maximum Gasteiger partial charge on any atom is 0.164 e. The van der Waals surface area contributed by atoms with Crippen molar-refractivity contribution in [3.05, 3.63) is 182 Å². The van der Waals surface area contributed by atoms with E-state index in [1.165, 1.54) is 48.6 Å². The maximum atomic E-state index is 5.28. The van der Waals surface area contributed by atoms with Crippen LogP contribution in [-0.2, 0) is 0 Å².